The first kappa shape index (κ1) is 18.6. The molecule has 0 rings (SSSR count). The summed E-state index contributed by atoms with van der Waals surface area (Å²) in [5.41, 5.74) is 0. The molecule has 0 aromatic heterocycles. The van der Waals surface area contributed by atoms with Crippen LogP contribution in [0.15, 0.2) is 0 Å². The van der Waals surface area contributed by atoms with Gasteiger partial charge in [0.15, 0.2) is 0 Å². The minimum atomic E-state index is 0.320. The largest absolute Gasteiger partial charge is 0.303 e. The van der Waals surface area contributed by atoms with E-state index < -0.39 is 0 Å². The Kier molecular flexibility index (Phi) is 15.4. The van der Waals surface area contributed by atoms with Crippen LogP contribution < -0.4 is 0 Å². The average molecular weight is 289 g/mol. The topological polar surface area (TPSA) is 34.1 Å². The maximum absolute atomic E-state index is 10.1. The van der Waals surface area contributed by atoms with Crippen molar-refractivity contribution in [2.45, 2.75) is 88.8 Å². The van der Waals surface area contributed by atoms with Crippen LogP contribution in [-0.2, 0) is 9.59 Å². The summed E-state index contributed by atoms with van der Waals surface area (Å²) >= 11 is 6.28. The number of hydrogen-bond acceptors (Lipinski definition) is 2. The molecule has 0 aliphatic heterocycles. The lowest BCUT2D eigenvalue weighted by molar-refractivity contribution is -0.108. The molecule has 2 nitrogen and oxygen atoms in total. The molecule has 0 saturated carbocycles. The normalized spacial score (nSPS) is 12.3. The lowest BCUT2D eigenvalue weighted by Gasteiger charge is -2.08. The van der Waals surface area contributed by atoms with Crippen LogP contribution in [-0.4, -0.2) is 17.9 Å². The van der Waals surface area contributed by atoms with Crippen molar-refractivity contribution in [3.05, 3.63) is 0 Å². The highest BCUT2D eigenvalue weighted by Gasteiger charge is 2.04. The molecule has 0 heterocycles. The molecule has 0 aliphatic rings. The smallest absolute Gasteiger partial charge is 0.119 e. The van der Waals surface area contributed by atoms with E-state index in [2.05, 4.69) is 0 Å². The fraction of sp³-hybridized carbons (Fsp3) is 0.875. The lowest BCUT2D eigenvalue weighted by Crippen LogP contribution is -1.98. The van der Waals surface area contributed by atoms with Crippen molar-refractivity contribution < 1.29 is 9.59 Å². The van der Waals surface area contributed by atoms with E-state index in [0.29, 0.717) is 18.2 Å². The number of carbonyl (C=O) groups excluding carboxylic acids is 2. The molecule has 0 aromatic rings. The summed E-state index contributed by atoms with van der Waals surface area (Å²) in [5, 5.41) is 0.320. The Morgan fingerprint density at radius 3 is 1.42 bits per heavy atom. The third-order valence-electron chi connectivity index (χ3n) is 3.43. The van der Waals surface area contributed by atoms with Crippen molar-refractivity contribution in [1.29, 1.82) is 0 Å². The zero-order valence-electron chi connectivity index (χ0n) is 12.1. The molecule has 0 aromatic carbocycles. The molecular formula is C16H29ClO2. The second kappa shape index (κ2) is 15.7. The third-order valence-corrected chi connectivity index (χ3v) is 3.87. The second-order valence-electron chi connectivity index (χ2n) is 5.27. The van der Waals surface area contributed by atoms with Gasteiger partial charge >= 0.3 is 0 Å². The highest BCUT2D eigenvalue weighted by atomic mass is 35.5. The van der Waals surface area contributed by atoms with E-state index in [9.17, 15) is 9.59 Å². The molecule has 0 bridgehead atoms. The van der Waals surface area contributed by atoms with Crippen LogP contribution >= 0.6 is 11.6 Å². The SMILES string of the molecule is O=CCCCCCCCC(Cl)CCCCCCC=O. The van der Waals surface area contributed by atoms with Crippen molar-refractivity contribution in [3.8, 4) is 0 Å². The van der Waals surface area contributed by atoms with Gasteiger partial charge in [0.1, 0.15) is 12.6 Å². The number of rotatable bonds is 15. The zero-order valence-corrected chi connectivity index (χ0v) is 12.9. The van der Waals surface area contributed by atoms with E-state index >= 15 is 0 Å². The molecule has 112 valence electrons. The van der Waals surface area contributed by atoms with Gasteiger partial charge in [-0.15, -0.1) is 11.6 Å². The summed E-state index contributed by atoms with van der Waals surface area (Å²) in [6.45, 7) is 0. The first-order chi connectivity index (χ1) is 9.31. The van der Waals surface area contributed by atoms with E-state index in [1.54, 1.807) is 0 Å². The molecule has 0 aliphatic carbocycles. The number of carbonyl (C=O) groups is 2. The Morgan fingerprint density at radius 2 is 1.00 bits per heavy atom. The van der Waals surface area contributed by atoms with Gasteiger partial charge in [-0.1, -0.05) is 44.9 Å². The van der Waals surface area contributed by atoms with Crippen LogP contribution in [0.4, 0.5) is 0 Å². The predicted octanol–water partition coefficient (Wildman–Crippen LogP) is 5.06. The van der Waals surface area contributed by atoms with Crippen molar-refractivity contribution in [2.75, 3.05) is 0 Å². The van der Waals surface area contributed by atoms with E-state index in [4.69, 9.17) is 11.6 Å². The Hall–Kier alpha value is -0.370. The second-order valence-corrected chi connectivity index (χ2v) is 5.88. The maximum atomic E-state index is 10.1. The number of aldehydes is 2. The first-order valence-electron chi connectivity index (χ1n) is 7.82. The predicted molar refractivity (Wildman–Crippen MR) is 81.8 cm³/mol. The summed E-state index contributed by atoms with van der Waals surface area (Å²) in [5.74, 6) is 0. The molecular weight excluding hydrogens is 260 g/mol. The minimum absolute atomic E-state index is 0.320. The third kappa shape index (κ3) is 15.6. The van der Waals surface area contributed by atoms with Crippen molar-refractivity contribution in [3.63, 3.8) is 0 Å². The lowest BCUT2D eigenvalue weighted by atomic mass is 10.0. The van der Waals surface area contributed by atoms with E-state index in [1.165, 1.54) is 38.5 Å². The van der Waals surface area contributed by atoms with Crippen LogP contribution in [0.3, 0.4) is 0 Å². The van der Waals surface area contributed by atoms with Gasteiger partial charge in [0.2, 0.25) is 0 Å². The molecule has 1 unspecified atom stereocenters. The maximum Gasteiger partial charge on any atom is 0.119 e. The van der Waals surface area contributed by atoms with Crippen molar-refractivity contribution >= 4 is 24.2 Å². The summed E-state index contributed by atoms with van der Waals surface area (Å²) in [7, 11) is 0. The van der Waals surface area contributed by atoms with Gasteiger partial charge in [-0.25, -0.2) is 0 Å². The fourth-order valence-corrected chi connectivity index (χ4v) is 2.52. The Labute approximate surface area is 123 Å². The van der Waals surface area contributed by atoms with Crippen LogP contribution in [0.2, 0.25) is 0 Å². The molecule has 0 N–H and O–H groups in total. The summed E-state index contributed by atoms with van der Waals surface area (Å²) in [6, 6.07) is 0. The summed E-state index contributed by atoms with van der Waals surface area (Å²) < 4.78 is 0. The number of unbranched alkanes of at least 4 members (excludes halogenated alkanes) is 9. The van der Waals surface area contributed by atoms with Crippen molar-refractivity contribution in [1.82, 2.24) is 0 Å². The van der Waals surface area contributed by atoms with Crippen LogP contribution in [0.25, 0.3) is 0 Å². The van der Waals surface area contributed by atoms with E-state index in [0.717, 1.165) is 44.7 Å². The number of alkyl halides is 1. The van der Waals surface area contributed by atoms with Gasteiger partial charge in [-0.05, 0) is 25.7 Å². The number of halogens is 1. The van der Waals surface area contributed by atoms with Gasteiger partial charge in [0, 0.05) is 18.2 Å². The van der Waals surface area contributed by atoms with E-state index in [1.807, 2.05) is 0 Å². The standard InChI is InChI=1S/C16H29ClO2/c17-16(13-9-5-3-7-11-15-19)12-8-4-1-2-6-10-14-18/h14-16H,1-13H2. The molecule has 3 heteroatoms. The molecule has 0 radical (unpaired) electrons. The van der Waals surface area contributed by atoms with Crippen LogP contribution in [0.1, 0.15) is 83.5 Å². The quantitative estimate of drug-likeness (QED) is 0.240. The van der Waals surface area contributed by atoms with Gasteiger partial charge < -0.3 is 9.59 Å². The van der Waals surface area contributed by atoms with Crippen LogP contribution in [0.5, 0.6) is 0 Å². The molecule has 0 fully saturated rings. The zero-order chi connectivity index (χ0) is 14.2. The summed E-state index contributed by atoms with van der Waals surface area (Å²) in [4.78, 5) is 20.3. The Bertz CT molecular complexity index is 207. The van der Waals surface area contributed by atoms with Gasteiger partial charge in [-0.3, -0.25) is 0 Å². The highest BCUT2D eigenvalue weighted by Crippen LogP contribution is 2.17. The monoisotopic (exact) mass is 288 g/mol. The molecule has 1 atom stereocenters. The highest BCUT2D eigenvalue weighted by molar-refractivity contribution is 6.20. The minimum Gasteiger partial charge on any atom is -0.303 e. The van der Waals surface area contributed by atoms with Gasteiger partial charge in [0.25, 0.3) is 0 Å². The number of hydrogen-bond donors (Lipinski definition) is 0. The molecule has 0 spiro atoms. The van der Waals surface area contributed by atoms with Crippen molar-refractivity contribution in [2.24, 2.45) is 0 Å². The first-order valence-corrected chi connectivity index (χ1v) is 8.26. The van der Waals surface area contributed by atoms with E-state index in [-0.39, 0.29) is 0 Å². The summed E-state index contributed by atoms with van der Waals surface area (Å²) in [6.07, 6.45) is 16.1. The van der Waals surface area contributed by atoms with Crippen LogP contribution in [0, 0.1) is 0 Å². The molecule has 19 heavy (non-hydrogen) atoms. The Morgan fingerprint density at radius 1 is 0.632 bits per heavy atom. The fourth-order valence-electron chi connectivity index (χ4n) is 2.22. The van der Waals surface area contributed by atoms with Gasteiger partial charge in [-0.2, -0.15) is 0 Å². The molecule has 0 saturated heterocycles. The molecule has 0 amide bonds. The Balaban J connectivity index is 3.14. The van der Waals surface area contributed by atoms with Gasteiger partial charge in [0.05, 0.1) is 0 Å². The average Bonchev–Trinajstić information content (AvgIpc) is 2.41.